The fraction of sp³-hybridized carbons (Fsp3) is 0.133. The van der Waals surface area contributed by atoms with Crippen molar-refractivity contribution in [3.05, 3.63) is 54.1 Å². The third-order valence-electron chi connectivity index (χ3n) is 3.20. The van der Waals surface area contributed by atoms with Crippen LogP contribution in [0.1, 0.15) is 16.8 Å². The summed E-state index contributed by atoms with van der Waals surface area (Å²) in [5.74, 6) is 0.327. The van der Waals surface area contributed by atoms with E-state index in [1.807, 2.05) is 0 Å². The molecule has 0 N–H and O–H groups in total. The summed E-state index contributed by atoms with van der Waals surface area (Å²) in [6.07, 6.45) is 0.331. The van der Waals surface area contributed by atoms with Crippen LogP contribution in [0.2, 0.25) is 0 Å². The van der Waals surface area contributed by atoms with E-state index in [9.17, 15) is 13.2 Å². The lowest BCUT2D eigenvalue weighted by atomic mass is 10.1. The first-order chi connectivity index (χ1) is 9.59. The highest BCUT2D eigenvalue weighted by molar-refractivity contribution is 7.91. The van der Waals surface area contributed by atoms with Crippen molar-refractivity contribution >= 4 is 15.6 Å². The first-order valence-electron chi connectivity index (χ1n) is 6.19. The molecule has 4 nitrogen and oxygen atoms in total. The second kappa shape index (κ2) is 4.76. The van der Waals surface area contributed by atoms with Crippen molar-refractivity contribution in [2.24, 2.45) is 0 Å². The van der Waals surface area contributed by atoms with Gasteiger partial charge < -0.3 is 4.74 Å². The van der Waals surface area contributed by atoms with Crippen molar-refractivity contribution in [2.75, 3.05) is 6.61 Å². The fourth-order valence-electron chi connectivity index (χ4n) is 2.14. The first kappa shape index (κ1) is 12.9. The second-order valence-electron chi connectivity index (χ2n) is 4.50. The molecule has 2 aromatic carbocycles. The van der Waals surface area contributed by atoms with Gasteiger partial charge in [-0.1, -0.05) is 18.2 Å². The molecule has 0 aliphatic carbocycles. The number of fused-ring (bicyclic) bond motifs is 1. The Bertz CT molecular complexity index is 764. The zero-order valence-corrected chi connectivity index (χ0v) is 11.4. The highest BCUT2D eigenvalue weighted by Gasteiger charge is 2.23. The molecule has 2 aromatic rings. The van der Waals surface area contributed by atoms with Gasteiger partial charge in [-0.2, -0.15) is 0 Å². The average molecular weight is 288 g/mol. The van der Waals surface area contributed by atoms with Crippen molar-refractivity contribution in [2.45, 2.75) is 16.2 Å². The highest BCUT2D eigenvalue weighted by atomic mass is 32.2. The SMILES string of the molecule is O=C1CCOc2cc(S(=O)(=O)c3ccccc3)ccc21. The van der Waals surface area contributed by atoms with Crippen LogP contribution in [0.3, 0.4) is 0 Å². The van der Waals surface area contributed by atoms with Crippen LogP contribution in [0, 0.1) is 0 Å². The molecular weight excluding hydrogens is 276 g/mol. The van der Waals surface area contributed by atoms with Crippen LogP contribution >= 0.6 is 0 Å². The third-order valence-corrected chi connectivity index (χ3v) is 4.97. The predicted molar refractivity (Wildman–Crippen MR) is 72.8 cm³/mol. The maximum Gasteiger partial charge on any atom is 0.206 e. The summed E-state index contributed by atoms with van der Waals surface area (Å²) in [6, 6.07) is 12.6. The zero-order valence-electron chi connectivity index (χ0n) is 10.6. The van der Waals surface area contributed by atoms with Gasteiger partial charge in [-0.3, -0.25) is 4.79 Å². The van der Waals surface area contributed by atoms with E-state index in [4.69, 9.17) is 4.74 Å². The van der Waals surface area contributed by atoms with E-state index >= 15 is 0 Å². The van der Waals surface area contributed by atoms with Crippen LogP contribution in [0.4, 0.5) is 0 Å². The standard InChI is InChI=1S/C15H12O4S/c16-14-8-9-19-15-10-12(6-7-13(14)15)20(17,18)11-4-2-1-3-5-11/h1-7,10H,8-9H2. The Hall–Kier alpha value is -2.14. The fourth-order valence-corrected chi connectivity index (χ4v) is 3.44. The number of carbonyl (C=O) groups excluding carboxylic acids is 1. The van der Waals surface area contributed by atoms with E-state index in [1.165, 1.54) is 18.2 Å². The van der Waals surface area contributed by atoms with E-state index in [0.717, 1.165) is 0 Å². The molecular formula is C15H12O4S. The maximum absolute atomic E-state index is 12.5. The van der Waals surface area contributed by atoms with Crippen LogP contribution in [-0.4, -0.2) is 20.8 Å². The van der Waals surface area contributed by atoms with Gasteiger partial charge >= 0.3 is 0 Å². The van der Waals surface area contributed by atoms with E-state index in [2.05, 4.69) is 0 Å². The largest absolute Gasteiger partial charge is 0.492 e. The van der Waals surface area contributed by atoms with E-state index in [-0.39, 0.29) is 15.6 Å². The molecule has 3 rings (SSSR count). The molecule has 0 saturated carbocycles. The minimum Gasteiger partial charge on any atom is -0.492 e. The van der Waals surface area contributed by atoms with Crippen LogP contribution in [0.25, 0.3) is 0 Å². The molecule has 0 radical (unpaired) electrons. The molecule has 0 saturated heterocycles. The molecule has 0 bridgehead atoms. The van der Waals surface area contributed by atoms with Gasteiger partial charge in [-0.25, -0.2) is 8.42 Å². The molecule has 0 amide bonds. The lowest BCUT2D eigenvalue weighted by Gasteiger charge is -2.17. The van der Waals surface area contributed by atoms with Crippen molar-refractivity contribution in [1.29, 1.82) is 0 Å². The molecule has 0 spiro atoms. The van der Waals surface area contributed by atoms with Gasteiger partial charge in [0.2, 0.25) is 9.84 Å². The first-order valence-corrected chi connectivity index (χ1v) is 7.67. The minimum absolute atomic E-state index is 0.0186. The molecule has 102 valence electrons. The van der Waals surface area contributed by atoms with Crippen LogP contribution in [0.15, 0.2) is 58.3 Å². The topological polar surface area (TPSA) is 60.4 Å². The van der Waals surface area contributed by atoms with Crippen molar-refractivity contribution in [3.8, 4) is 5.75 Å². The summed E-state index contributed by atoms with van der Waals surface area (Å²) >= 11 is 0. The van der Waals surface area contributed by atoms with Crippen LogP contribution in [-0.2, 0) is 9.84 Å². The van der Waals surface area contributed by atoms with Gasteiger partial charge in [-0.05, 0) is 30.3 Å². The number of hydrogen-bond acceptors (Lipinski definition) is 4. The summed E-state index contributed by atoms with van der Waals surface area (Å²) in [5, 5.41) is 0. The van der Waals surface area contributed by atoms with Gasteiger partial charge in [-0.15, -0.1) is 0 Å². The molecule has 0 atom stereocenters. The Morgan fingerprint density at radius 3 is 2.45 bits per heavy atom. The second-order valence-corrected chi connectivity index (χ2v) is 6.45. The average Bonchev–Trinajstić information content (AvgIpc) is 2.48. The molecule has 1 aliphatic rings. The Kier molecular flexibility index (Phi) is 3.06. The molecule has 5 heteroatoms. The number of carbonyl (C=O) groups is 1. The summed E-state index contributed by atoms with van der Waals surface area (Å²) in [4.78, 5) is 12.0. The number of rotatable bonds is 2. The summed E-state index contributed by atoms with van der Waals surface area (Å²) in [7, 11) is -3.58. The molecule has 0 fully saturated rings. The Labute approximate surface area is 116 Å². The molecule has 20 heavy (non-hydrogen) atoms. The monoisotopic (exact) mass is 288 g/mol. The maximum atomic E-state index is 12.5. The van der Waals surface area contributed by atoms with E-state index in [0.29, 0.717) is 24.3 Å². The summed E-state index contributed by atoms with van der Waals surface area (Å²) < 4.78 is 30.3. The molecule has 0 unspecified atom stereocenters. The number of benzene rings is 2. The van der Waals surface area contributed by atoms with Crippen LogP contribution < -0.4 is 4.74 Å². The van der Waals surface area contributed by atoms with Gasteiger partial charge in [0.15, 0.2) is 5.78 Å². The Morgan fingerprint density at radius 1 is 0.950 bits per heavy atom. The van der Waals surface area contributed by atoms with Gasteiger partial charge in [0.25, 0.3) is 0 Å². The summed E-state index contributed by atoms with van der Waals surface area (Å²) in [6.45, 7) is 0.292. The van der Waals surface area contributed by atoms with Gasteiger partial charge in [0.05, 0.1) is 22.0 Å². The van der Waals surface area contributed by atoms with Crippen molar-refractivity contribution in [1.82, 2.24) is 0 Å². The summed E-state index contributed by atoms with van der Waals surface area (Å²) in [5.41, 5.74) is 0.447. The number of ether oxygens (including phenoxy) is 1. The predicted octanol–water partition coefficient (Wildman–Crippen LogP) is 2.48. The van der Waals surface area contributed by atoms with Crippen molar-refractivity contribution in [3.63, 3.8) is 0 Å². The minimum atomic E-state index is -3.58. The Balaban J connectivity index is 2.10. The Morgan fingerprint density at radius 2 is 1.70 bits per heavy atom. The highest BCUT2D eigenvalue weighted by Crippen LogP contribution is 2.30. The number of Topliss-reactive ketones (excluding diaryl/α,β-unsaturated/α-hetero) is 1. The number of hydrogen-bond donors (Lipinski definition) is 0. The van der Waals surface area contributed by atoms with Gasteiger partial charge in [0, 0.05) is 6.42 Å². The molecule has 1 heterocycles. The zero-order chi connectivity index (χ0) is 14.2. The third kappa shape index (κ3) is 2.10. The van der Waals surface area contributed by atoms with Gasteiger partial charge in [0.1, 0.15) is 5.75 Å². The number of sulfone groups is 1. The van der Waals surface area contributed by atoms with Crippen LogP contribution in [0.5, 0.6) is 5.75 Å². The normalized spacial score (nSPS) is 14.5. The lowest BCUT2D eigenvalue weighted by molar-refractivity contribution is 0.0933. The quantitative estimate of drug-likeness (QED) is 0.851. The van der Waals surface area contributed by atoms with E-state index < -0.39 is 9.84 Å². The number of ketones is 1. The molecule has 0 aromatic heterocycles. The van der Waals surface area contributed by atoms with E-state index in [1.54, 1.807) is 30.3 Å². The lowest BCUT2D eigenvalue weighted by Crippen LogP contribution is -2.16. The molecule has 1 aliphatic heterocycles. The van der Waals surface area contributed by atoms with Crippen molar-refractivity contribution < 1.29 is 17.9 Å². The smallest absolute Gasteiger partial charge is 0.206 e.